The van der Waals surface area contributed by atoms with Crippen LogP contribution in [-0.2, 0) is 11.2 Å². The average Bonchev–Trinajstić information content (AvgIpc) is 2.89. The van der Waals surface area contributed by atoms with Crippen LogP contribution in [0.1, 0.15) is 23.0 Å². The molecular formula is C14H16N2O2S. The number of nitrogens with one attached hydrogen (secondary N) is 1. The predicted molar refractivity (Wildman–Crippen MR) is 76.7 cm³/mol. The van der Waals surface area contributed by atoms with E-state index in [0.29, 0.717) is 12.3 Å². The van der Waals surface area contributed by atoms with Gasteiger partial charge in [-0.3, -0.25) is 0 Å². The average molecular weight is 276 g/mol. The molecule has 2 aromatic rings. The number of ether oxygens (including phenoxy) is 1. The minimum absolute atomic E-state index is 0.366. The molecule has 1 aromatic heterocycles. The minimum atomic E-state index is -0.366. The van der Waals surface area contributed by atoms with E-state index >= 15 is 0 Å². The number of nitrogens with zero attached hydrogens (tertiary/aromatic N) is 1. The van der Waals surface area contributed by atoms with Crippen molar-refractivity contribution < 1.29 is 9.53 Å². The van der Waals surface area contributed by atoms with Crippen LogP contribution < -0.4 is 5.32 Å². The third kappa shape index (κ3) is 4.06. The summed E-state index contributed by atoms with van der Waals surface area (Å²) in [6, 6.07) is 10.2. The van der Waals surface area contributed by atoms with Crippen molar-refractivity contribution in [1.82, 2.24) is 4.98 Å². The van der Waals surface area contributed by atoms with Gasteiger partial charge in [-0.15, -0.1) is 11.3 Å². The Morgan fingerprint density at radius 3 is 2.89 bits per heavy atom. The summed E-state index contributed by atoms with van der Waals surface area (Å²) < 4.78 is 4.89. The Hall–Kier alpha value is -1.88. The van der Waals surface area contributed by atoms with Gasteiger partial charge in [-0.1, -0.05) is 30.3 Å². The highest BCUT2D eigenvalue weighted by Crippen LogP contribution is 2.16. The van der Waals surface area contributed by atoms with Crippen molar-refractivity contribution in [3.8, 4) is 0 Å². The zero-order valence-corrected chi connectivity index (χ0v) is 11.6. The summed E-state index contributed by atoms with van der Waals surface area (Å²) in [4.78, 5) is 15.6. The Balaban J connectivity index is 1.82. The molecule has 1 aromatic carbocycles. The summed E-state index contributed by atoms with van der Waals surface area (Å²) in [7, 11) is 0. The second kappa shape index (κ2) is 6.89. The topological polar surface area (TPSA) is 51.2 Å². The summed E-state index contributed by atoms with van der Waals surface area (Å²) >= 11 is 1.42. The number of anilines is 1. The molecule has 1 N–H and O–H groups in total. The summed E-state index contributed by atoms with van der Waals surface area (Å²) in [5.41, 5.74) is 1.64. The lowest BCUT2D eigenvalue weighted by Gasteiger charge is -2.02. The maximum Gasteiger partial charge on any atom is 0.357 e. The number of hydrogen-bond donors (Lipinski definition) is 1. The van der Waals surface area contributed by atoms with Gasteiger partial charge in [0.05, 0.1) is 6.61 Å². The number of benzene rings is 1. The Bertz CT molecular complexity index is 525. The molecule has 5 heteroatoms. The molecule has 0 aliphatic heterocycles. The molecule has 0 amide bonds. The monoisotopic (exact) mass is 276 g/mol. The molecule has 0 unspecified atom stereocenters. The van der Waals surface area contributed by atoms with Crippen molar-refractivity contribution in [3.05, 3.63) is 47.0 Å². The SMILES string of the molecule is CCOC(=O)c1csc(NCCc2ccccc2)n1. The highest BCUT2D eigenvalue weighted by atomic mass is 32.1. The van der Waals surface area contributed by atoms with Crippen LogP contribution >= 0.6 is 11.3 Å². The smallest absolute Gasteiger partial charge is 0.357 e. The zero-order chi connectivity index (χ0) is 13.5. The lowest BCUT2D eigenvalue weighted by atomic mass is 10.2. The fourth-order valence-corrected chi connectivity index (χ4v) is 2.32. The second-order valence-electron chi connectivity index (χ2n) is 3.92. The van der Waals surface area contributed by atoms with Gasteiger partial charge >= 0.3 is 5.97 Å². The highest BCUT2D eigenvalue weighted by molar-refractivity contribution is 7.13. The van der Waals surface area contributed by atoms with E-state index in [4.69, 9.17) is 4.74 Å². The molecule has 0 atom stereocenters. The molecule has 2 rings (SSSR count). The maximum absolute atomic E-state index is 11.4. The predicted octanol–water partition coefficient (Wildman–Crippen LogP) is 2.97. The van der Waals surface area contributed by atoms with E-state index in [0.717, 1.165) is 18.1 Å². The van der Waals surface area contributed by atoms with Crippen molar-refractivity contribution in [3.63, 3.8) is 0 Å². The van der Waals surface area contributed by atoms with Gasteiger partial charge in [0.15, 0.2) is 10.8 Å². The first-order valence-corrected chi connectivity index (χ1v) is 7.08. The van der Waals surface area contributed by atoms with E-state index in [2.05, 4.69) is 22.4 Å². The van der Waals surface area contributed by atoms with Crippen molar-refractivity contribution in [1.29, 1.82) is 0 Å². The van der Waals surface area contributed by atoms with Gasteiger partial charge in [0.1, 0.15) is 0 Å². The lowest BCUT2D eigenvalue weighted by molar-refractivity contribution is 0.0520. The Labute approximate surface area is 116 Å². The van der Waals surface area contributed by atoms with Gasteiger partial charge in [0, 0.05) is 11.9 Å². The van der Waals surface area contributed by atoms with Gasteiger partial charge < -0.3 is 10.1 Å². The molecule has 0 bridgehead atoms. The van der Waals surface area contributed by atoms with Crippen LogP contribution in [-0.4, -0.2) is 24.1 Å². The highest BCUT2D eigenvalue weighted by Gasteiger charge is 2.10. The molecule has 4 nitrogen and oxygen atoms in total. The van der Waals surface area contributed by atoms with E-state index < -0.39 is 0 Å². The first kappa shape index (κ1) is 13.5. The van der Waals surface area contributed by atoms with Crippen LogP contribution in [0.15, 0.2) is 35.7 Å². The molecule has 0 fully saturated rings. The van der Waals surface area contributed by atoms with Crippen LogP contribution in [0.4, 0.5) is 5.13 Å². The van der Waals surface area contributed by atoms with Crippen LogP contribution in [0.2, 0.25) is 0 Å². The van der Waals surface area contributed by atoms with Crippen molar-refractivity contribution in [2.24, 2.45) is 0 Å². The fourth-order valence-electron chi connectivity index (χ4n) is 1.61. The van der Waals surface area contributed by atoms with Gasteiger partial charge in [0.25, 0.3) is 0 Å². The molecule has 0 aliphatic rings. The van der Waals surface area contributed by atoms with Crippen molar-refractivity contribution in [2.45, 2.75) is 13.3 Å². The van der Waals surface area contributed by atoms with Gasteiger partial charge in [-0.2, -0.15) is 0 Å². The van der Waals surface area contributed by atoms with E-state index in [1.807, 2.05) is 18.2 Å². The van der Waals surface area contributed by atoms with Gasteiger partial charge in [-0.05, 0) is 18.9 Å². The van der Waals surface area contributed by atoms with Crippen LogP contribution in [0, 0.1) is 0 Å². The van der Waals surface area contributed by atoms with Crippen LogP contribution in [0.3, 0.4) is 0 Å². The minimum Gasteiger partial charge on any atom is -0.461 e. The molecule has 1 heterocycles. The lowest BCUT2D eigenvalue weighted by Crippen LogP contribution is -2.07. The van der Waals surface area contributed by atoms with Gasteiger partial charge in [0.2, 0.25) is 0 Å². The number of hydrogen-bond acceptors (Lipinski definition) is 5. The summed E-state index contributed by atoms with van der Waals surface area (Å²) in [6.07, 6.45) is 0.926. The van der Waals surface area contributed by atoms with E-state index in [-0.39, 0.29) is 5.97 Å². The number of carbonyl (C=O) groups excluding carboxylic acids is 1. The molecule has 0 radical (unpaired) electrons. The number of aromatic nitrogens is 1. The van der Waals surface area contributed by atoms with E-state index in [1.54, 1.807) is 12.3 Å². The molecular weight excluding hydrogens is 260 g/mol. The number of esters is 1. The first-order chi connectivity index (χ1) is 9.29. The largest absolute Gasteiger partial charge is 0.461 e. The molecule has 100 valence electrons. The summed E-state index contributed by atoms with van der Waals surface area (Å²) in [6.45, 7) is 2.94. The molecule has 0 saturated carbocycles. The molecule has 0 saturated heterocycles. The van der Waals surface area contributed by atoms with E-state index in [1.165, 1.54) is 16.9 Å². The Kier molecular flexibility index (Phi) is 4.92. The van der Waals surface area contributed by atoms with E-state index in [9.17, 15) is 4.79 Å². The fraction of sp³-hybridized carbons (Fsp3) is 0.286. The summed E-state index contributed by atoms with van der Waals surface area (Å²) in [5, 5.41) is 5.67. The first-order valence-electron chi connectivity index (χ1n) is 6.20. The van der Waals surface area contributed by atoms with Gasteiger partial charge in [-0.25, -0.2) is 9.78 Å². The third-order valence-electron chi connectivity index (χ3n) is 2.52. The number of rotatable bonds is 6. The van der Waals surface area contributed by atoms with Crippen LogP contribution in [0.5, 0.6) is 0 Å². The number of thiazole rings is 1. The maximum atomic E-state index is 11.4. The molecule has 0 aliphatic carbocycles. The summed E-state index contributed by atoms with van der Waals surface area (Å²) in [5.74, 6) is -0.366. The Morgan fingerprint density at radius 1 is 1.37 bits per heavy atom. The quantitative estimate of drug-likeness (QED) is 0.824. The van der Waals surface area contributed by atoms with Crippen molar-refractivity contribution >= 4 is 22.4 Å². The van der Waals surface area contributed by atoms with Crippen LogP contribution in [0.25, 0.3) is 0 Å². The standard InChI is InChI=1S/C14H16N2O2S/c1-2-18-13(17)12-10-19-14(16-12)15-9-8-11-6-4-3-5-7-11/h3-7,10H,2,8-9H2,1H3,(H,15,16). The molecule has 19 heavy (non-hydrogen) atoms. The number of carbonyl (C=O) groups is 1. The third-order valence-corrected chi connectivity index (χ3v) is 3.32. The molecule has 0 spiro atoms. The second-order valence-corrected chi connectivity index (χ2v) is 4.78. The normalized spacial score (nSPS) is 10.2. The zero-order valence-electron chi connectivity index (χ0n) is 10.8. The van der Waals surface area contributed by atoms with Crippen molar-refractivity contribution in [2.75, 3.05) is 18.5 Å². The Morgan fingerprint density at radius 2 is 2.16 bits per heavy atom.